The van der Waals surface area contributed by atoms with E-state index in [-0.39, 0.29) is 18.0 Å². The first-order valence-electron chi connectivity index (χ1n) is 7.43. The fraction of sp³-hybridized carbons (Fsp3) is 0.562. The SMILES string of the molecule is COc1ccc([C@@H](C)NCC(=O)NC2CCOCC2)cc1. The van der Waals surface area contributed by atoms with Gasteiger partial charge in [-0.3, -0.25) is 4.79 Å². The smallest absolute Gasteiger partial charge is 0.234 e. The number of nitrogens with one attached hydrogen (secondary N) is 2. The Morgan fingerprint density at radius 3 is 2.62 bits per heavy atom. The molecule has 2 N–H and O–H groups in total. The van der Waals surface area contributed by atoms with Crippen LogP contribution in [0.5, 0.6) is 5.75 Å². The monoisotopic (exact) mass is 292 g/mol. The molecule has 0 unspecified atom stereocenters. The van der Waals surface area contributed by atoms with Crippen LogP contribution in [-0.4, -0.2) is 38.8 Å². The summed E-state index contributed by atoms with van der Waals surface area (Å²) in [6.45, 7) is 3.84. The Morgan fingerprint density at radius 1 is 1.33 bits per heavy atom. The topological polar surface area (TPSA) is 59.6 Å². The van der Waals surface area contributed by atoms with E-state index in [1.54, 1.807) is 7.11 Å². The number of carbonyl (C=O) groups excluding carboxylic acids is 1. The fourth-order valence-corrected chi connectivity index (χ4v) is 2.38. The van der Waals surface area contributed by atoms with Crippen molar-refractivity contribution in [2.75, 3.05) is 26.9 Å². The van der Waals surface area contributed by atoms with Gasteiger partial charge in [-0.05, 0) is 37.5 Å². The summed E-state index contributed by atoms with van der Waals surface area (Å²) < 4.78 is 10.4. The van der Waals surface area contributed by atoms with Gasteiger partial charge in [-0.15, -0.1) is 0 Å². The lowest BCUT2D eigenvalue weighted by molar-refractivity contribution is -0.121. The molecule has 1 saturated heterocycles. The predicted molar refractivity (Wildman–Crippen MR) is 81.4 cm³/mol. The average molecular weight is 292 g/mol. The van der Waals surface area contributed by atoms with Crippen molar-refractivity contribution in [2.45, 2.75) is 31.8 Å². The summed E-state index contributed by atoms with van der Waals surface area (Å²) >= 11 is 0. The Morgan fingerprint density at radius 2 is 2.00 bits per heavy atom. The lowest BCUT2D eigenvalue weighted by Gasteiger charge is -2.23. The van der Waals surface area contributed by atoms with Crippen molar-refractivity contribution in [3.05, 3.63) is 29.8 Å². The van der Waals surface area contributed by atoms with Crippen LogP contribution < -0.4 is 15.4 Å². The first-order valence-corrected chi connectivity index (χ1v) is 7.43. The number of benzene rings is 1. The van der Waals surface area contributed by atoms with E-state index >= 15 is 0 Å². The normalized spacial score (nSPS) is 17.2. The third kappa shape index (κ3) is 5.02. The van der Waals surface area contributed by atoms with Crippen molar-refractivity contribution in [1.82, 2.24) is 10.6 Å². The van der Waals surface area contributed by atoms with Crippen LogP contribution in [0.3, 0.4) is 0 Å². The highest BCUT2D eigenvalue weighted by molar-refractivity contribution is 5.78. The zero-order chi connectivity index (χ0) is 15.1. The predicted octanol–water partition coefficient (Wildman–Crippen LogP) is 1.64. The minimum atomic E-state index is 0.0438. The third-order valence-electron chi connectivity index (χ3n) is 3.77. The molecule has 0 radical (unpaired) electrons. The van der Waals surface area contributed by atoms with Crippen molar-refractivity contribution in [3.63, 3.8) is 0 Å². The van der Waals surface area contributed by atoms with Crippen LogP contribution in [-0.2, 0) is 9.53 Å². The fourth-order valence-electron chi connectivity index (χ4n) is 2.38. The maximum absolute atomic E-state index is 11.9. The largest absolute Gasteiger partial charge is 0.497 e. The molecule has 116 valence electrons. The van der Waals surface area contributed by atoms with Crippen molar-refractivity contribution in [3.8, 4) is 5.75 Å². The minimum absolute atomic E-state index is 0.0438. The second-order valence-electron chi connectivity index (χ2n) is 5.33. The molecule has 0 bridgehead atoms. The van der Waals surface area contributed by atoms with Gasteiger partial charge in [0.2, 0.25) is 5.91 Å². The van der Waals surface area contributed by atoms with E-state index in [9.17, 15) is 4.79 Å². The molecule has 2 rings (SSSR count). The molecule has 1 amide bonds. The van der Waals surface area contributed by atoms with Crippen LogP contribution in [0.1, 0.15) is 31.4 Å². The summed E-state index contributed by atoms with van der Waals surface area (Å²) in [4.78, 5) is 11.9. The molecule has 1 heterocycles. The lowest BCUT2D eigenvalue weighted by atomic mass is 10.1. The van der Waals surface area contributed by atoms with Gasteiger partial charge in [-0.2, -0.15) is 0 Å². The van der Waals surface area contributed by atoms with Crippen molar-refractivity contribution in [1.29, 1.82) is 0 Å². The van der Waals surface area contributed by atoms with Crippen LogP contribution >= 0.6 is 0 Å². The summed E-state index contributed by atoms with van der Waals surface area (Å²) in [5, 5.41) is 6.28. The number of rotatable bonds is 6. The summed E-state index contributed by atoms with van der Waals surface area (Å²) in [6.07, 6.45) is 1.81. The lowest BCUT2D eigenvalue weighted by Crippen LogP contribution is -2.43. The number of methoxy groups -OCH3 is 1. The van der Waals surface area contributed by atoms with E-state index in [2.05, 4.69) is 10.6 Å². The van der Waals surface area contributed by atoms with E-state index in [1.165, 1.54) is 0 Å². The Hall–Kier alpha value is -1.59. The van der Waals surface area contributed by atoms with E-state index < -0.39 is 0 Å². The standard InChI is InChI=1S/C16H24N2O3/c1-12(13-3-5-15(20-2)6-4-13)17-11-16(19)18-14-7-9-21-10-8-14/h3-6,12,14,17H,7-11H2,1-2H3,(H,18,19)/t12-/m1/s1. The van der Waals surface area contributed by atoms with Gasteiger partial charge in [0.05, 0.1) is 13.7 Å². The van der Waals surface area contributed by atoms with E-state index in [1.807, 2.05) is 31.2 Å². The van der Waals surface area contributed by atoms with Gasteiger partial charge in [0, 0.05) is 25.3 Å². The summed E-state index contributed by atoms with van der Waals surface area (Å²) in [6, 6.07) is 8.24. The molecular weight excluding hydrogens is 268 g/mol. The quantitative estimate of drug-likeness (QED) is 0.837. The molecule has 0 spiro atoms. The summed E-state index contributed by atoms with van der Waals surface area (Å²) in [5.74, 6) is 0.880. The highest BCUT2D eigenvalue weighted by Gasteiger charge is 2.16. The third-order valence-corrected chi connectivity index (χ3v) is 3.77. The summed E-state index contributed by atoms with van der Waals surface area (Å²) in [7, 11) is 1.65. The minimum Gasteiger partial charge on any atom is -0.497 e. The van der Waals surface area contributed by atoms with Crippen LogP contribution in [0.4, 0.5) is 0 Å². The van der Waals surface area contributed by atoms with Crippen molar-refractivity contribution >= 4 is 5.91 Å². The second-order valence-corrected chi connectivity index (χ2v) is 5.33. The van der Waals surface area contributed by atoms with E-state index in [4.69, 9.17) is 9.47 Å². The zero-order valence-electron chi connectivity index (χ0n) is 12.7. The molecule has 1 atom stereocenters. The van der Waals surface area contributed by atoms with E-state index in [0.29, 0.717) is 6.54 Å². The number of amides is 1. The van der Waals surface area contributed by atoms with Gasteiger partial charge in [-0.25, -0.2) is 0 Å². The number of hydrogen-bond acceptors (Lipinski definition) is 4. The first-order chi connectivity index (χ1) is 10.2. The maximum atomic E-state index is 11.9. The second kappa shape index (κ2) is 8.00. The van der Waals surface area contributed by atoms with Gasteiger partial charge in [-0.1, -0.05) is 12.1 Å². The van der Waals surface area contributed by atoms with Gasteiger partial charge in [0.25, 0.3) is 0 Å². The van der Waals surface area contributed by atoms with Crippen molar-refractivity contribution < 1.29 is 14.3 Å². The molecule has 5 nitrogen and oxygen atoms in total. The molecule has 21 heavy (non-hydrogen) atoms. The molecule has 5 heteroatoms. The van der Waals surface area contributed by atoms with Crippen LogP contribution in [0.2, 0.25) is 0 Å². The molecule has 1 aliphatic rings. The maximum Gasteiger partial charge on any atom is 0.234 e. The molecule has 1 aromatic rings. The molecular formula is C16H24N2O3. The van der Waals surface area contributed by atoms with Crippen molar-refractivity contribution in [2.24, 2.45) is 0 Å². The Labute approximate surface area is 126 Å². The number of ether oxygens (including phenoxy) is 2. The van der Waals surface area contributed by atoms with E-state index in [0.717, 1.165) is 37.4 Å². The Kier molecular flexibility index (Phi) is 6.02. The number of carbonyl (C=O) groups is 1. The summed E-state index contributed by atoms with van der Waals surface area (Å²) in [5.41, 5.74) is 1.13. The number of hydrogen-bond donors (Lipinski definition) is 2. The van der Waals surface area contributed by atoms with Crippen LogP contribution in [0, 0.1) is 0 Å². The molecule has 0 aliphatic carbocycles. The van der Waals surface area contributed by atoms with Crippen LogP contribution in [0.15, 0.2) is 24.3 Å². The van der Waals surface area contributed by atoms with Gasteiger partial charge < -0.3 is 20.1 Å². The highest BCUT2D eigenvalue weighted by Crippen LogP contribution is 2.16. The molecule has 1 aromatic carbocycles. The first kappa shape index (κ1) is 15.8. The highest BCUT2D eigenvalue weighted by atomic mass is 16.5. The van der Waals surface area contributed by atoms with Gasteiger partial charge in [0.1, 0.15) is 5.75 Å². The Balaban J connectivity index is 1.74. The Bertz CT molecular complexity index is 441. The van der Waals surface area contributed by atoms with Gasteiger partial charge >= 0.3 is 0 Å². The molecule has 1 fully saturated rings. The molecule has 1 aliphatic heterocycles. The zero-order valence-corrected chi connectivity index (χ0v) is 12.7. The van der Waals surface area contributed by atoms with Crippen LogP contribution in [0.25, 0.3) is 0 Å². The molecule has 0 saturated carbocycles. The average Bonchev–Trinajstić information content (AvgIpc) is 2.53. The molecule has 0 aromatic heterocycles. The van der Waals surface area contributed by atoms with Gasteiger partial charge in [0.15, 0.2) is 0 Å².